The first kappa shape index (κ1) is 24.2. The minimum Gasteiger partial charge on any atom is -0.488 e. The van der Waals surface area contributed by atoms with Crippen LogP contribution in [0.1, 0.15) is 31.4 Å². The molecule has 10 heteroatoms. The van der Waals surface area contributed by atoms with E-state index < -0.39 is 5.82 Å². The predicted octanol–water partition coefficient (Wildman–Crippen LogP) is 3.39. The highest BCUT2D eigenvalue weighted by molar-refractivity contribution is 5.85. The van der Waals surface area contributed by atoms with Crippen LogP contribution in [0.2, 0.25) is 0 Å². The number of pyridine rings is 3. The highest BCUT2D eigenvalue weighted by atomic mass is 35.5. The zero-order valence-electron chi connectivity index (χ0n) is 19.0. The molecule has 1 saturated carbocycles. The molecule has 0 aromatic carbocycles. The van der Waals surface area contributed by atoms with Gasteiger partial charge >= 0.3 is 0 Å². The normalized spacial score (nSPS) is 19.5. The predicted molar refractivity (Wildman–Crippen MR) is 127 cm³/mol. The Labute approximate surface area is 202 Å². The van der Waals surface area contributed by atoms with Gasteiger partial charge in [-0.3, -0.25) is 14.8 Å². The number of rotatable bonds is 6. The van der Waals surface area contributed by atoms with E-state index in [2.05, 4.69) is 15.3 Å². The van der Waals surface area contributed by atoms with Crippen molar-refractivity contribution in [1.82, 2.24) is 19.9 Å². The van der Waals surface area contributed by atoms with Crippen LogP contribution >= 0.6 is 12.4 Å². The van der Waals surface area contributed by atoms with Crippen molar-refractivity contribution in [3.63, 3.8) is 0 Å². The lowest BCUT2D eigenvalue weighted by Gasteiger charge is -2.29. The fourth-order valence-electron chi connectivity index (χ4n) is 4.50. The molecule has 1 aliphatic heterocycles. The van der Waals surface area contributed by atoms with Crippen molar-refractivity contribution in [1.29, 1.82) is 0 Å². The second-order valence-corrected chi connectivity index (χ2v) is 8.63. The second-order valence-electron chi connectivity index (χ2n) is 8.63. The largest absolute Gasteiger partial charge is 0.488 e. The van der Waals surface area contributed by atoms with Gasteiger partial charge in [0.05, 0.1) is 30.2 Å². The molecule has 5 rings (SSSR count). The summed E-state index contributed by atoms with van der Waals surface area (Å²) in [6, 6.07) is 5.35. The molecule has 0 bridgehead atoms. The highest BCUT2D eigenvalue weighted by Gasteiger charge is 2.23. The van der Waals surface area contributed by atoms with Crippen LogP contribution in [0.25, 0.3) is 11.0 Å². The number of halogens is 2. The molecular formula is C24H28ClFN4O4. The lowest BCUT2D eigenvalue weighted by molar-refractivity contribution is 0.170. The Balaban J connectivity index is 0.00000274. The summed E-state index contributed by atoms with van der Waals surface area (Å²) in [5, 5.41) is 3.58. The standard InChI is InChI=1S/C24H27FN4O4.ClH/c1-29-22(30)7-6-19-23(29)24(18(25)12-28-19)33-14-15-2-4-16(5-3-15)26-11-17-10-20-21(13-27-17)32-9-8-31-20;/h6-7,10,12-13,15-16,26H,2-5,8-9,11,14H2,1H3;1H. The van der Waals surface area contributed by atoms with Crippen LogP contribution in [0, 0.1) is 11.7 Å². The van der Waals surface area contributed by atoms with Gasteiger partial charge in [0, 0.05) is 31.8 Å². The van der Waals surface area contributed by atoms with Crippen LogP contribution in [-0.4, -0.2) is 40.4 Å². The number of fused-ring (bicyclic) bond motifs is 2. The third-order valence-electron chi connectivity index (χ3n) is 6.41. The van der Waals surface area contributed by atoms with E-state index in [0.29, 0.717) is 55.1 Å². The topological polar surface area (TPSA) is 87.5 Å². The van der Waals surface area contributed by atoms with Crippen molar-refractivity contribution in [3.05, 3.63) is 52.5 Å². The fraction of sp³-hybridized carbons (Fsp3) is 0.458. The molecule has 1 N–H and O–H groups in total. The quantitative estimate of drug-likeness (QED) is 0.566. The Hall–Kier alpha value is -2.91. The van der Waals surface area contributed by atoms with E-state index in [4.69, 9.17) is 14.2 Å². The molecule has 0 atom stereocenters. The number of nitrogens with zero attached hydrogens (tertiary/aromatic N) is 3. The number of aromatic nitrogens is 3. The molecule has 0 unspecified atom stereocenters. The first-order valence-corrected chi connectivity index (χ1v) is 11.3. The monoisotopic (exact) mass is 490 g/mol. The number of aryl methyl sites for hydroxylation is 1. The molecule has 0 radical (unpaired) electrons. The maximum atomic E-state index is 14.5. The summed E-state index contributed by atoms with van der Waals surface area (Å²) >= 11 is 0. The van der Waals surface area contributed by atoms with Gasteiger partial charge in [0.1, 0.15) is 18.7 Å². The first-order valence-electron chi connectivity index (χ1n) is 11.3. The Morgan fingerprint density at radius 3 is 2.68 bits per heavy atom. The van der Waals surface area contributed by atoms with Crippen molar-refractivity contribution < 1.29 is 18.6 Å². The molecule has 1 aliphatic carbocycles. The molecule has 4 heterocycles. The molecule has 3 aromatic rings. The van der Waals surface area contributed by atoms with Gasteiger partial charge in [-0.1, -0.05) is 0 Å². The van der Waals surface area contributed by atoms with E-state index in [9.17, 15) is 9.18 Å². The smallest absolute Gasteiger partial charge is 0.250 e. The zero-order valence-corrected chi connectivity index (χ0v) is 19.8. The van der Waals surface area contributed by atoms with E-state index >= 15 is 0 Å². The van der Waals surface area contributed by atoms with Crippen LogP contribution in [-0.2, 0) is 13.6 Å². The molecule has 0 spiro atoms. The summed E-state index contributed by atoms with van der Waals surface area (Å²) in [5.74, 6) is 1.33. The first-order chi connectivity index (χ1) is 16.1. The van der Waals surface area contributed by atoms with Crippen LogP contribution < -0.4 is 25.1 Å². The Morgan fingerprint density at radius 1 is 1.12 bits per heavy atom. The number of hydrogen-bond donors (Lipinski definition) is 1. The summed E-state index contributed by atoms with van der Waals surface area (Å²) < 4.78 is 32.9. The van der Waals surface area contributed by atoms with Gasteiger partial charge in [0.15, 0.2) is 23.1 Å². The van der Waals surface area contributed by atoms with Gasteiger partial charge < -0.3 is 24.1 Å². The van der Waals surface area contributed by atoms with E-state index in [1.165, 1.54) is 10.6 Å². The van der Waals surface area contributed by atoms with E-state index in [1.807, 2.05) is 6.07 Å². The Bertz CT molecular complexity index is 1210. The number of hydrogen-bond acceptors (Lipinski definition) is 7. The molecule has 34 heavy (non-hydrogen) atoms. The van der Waals surface area contributed by atoms with Crippen molar-refractivity contribution >= 4 is 23.4 Å². The van der Waals surface area contributed by atoms with Crippen molar-refractivity contribution in [2.24, 2.45) is 13.0 Å². The molecule has 2 aliphatic rings. The summed E-state index contributed by atoms with van der Waals surface area (Å²) in [7, 11) is 1.60. The van der Waals surface area contributed by atoms with Gasteiger partial charge in [-0.25, -0.2) is 4.39 Å². The molecular weight excluding hydrogens is 463 g/mol. The van der Waals surface area contributed by atoms with E-state index in [1.54, 1.807) is 19.3 Å². The van der Waals surface area contributed by atoms with Crippen LogP contribution in [0.3, 0.4) is 0 Å². The summed E-state index contributed by atoms with van der Waals surface area (Å²) in [5.41, 5.74) is 1.63. The zero-order chi connectivity index (χ0) is 22.8. The van der Waals surface area contributed by atoms with Crippen molar-refractivity contribution in [2.75, 3.05) is 19.8 Å². The van der Waals surface area contributed by atoms with Crippen LogP contribution in [0.4, 0.5) is 4.39 Å². The number of nitrogens with one attached hydrogen (secondary N) is 1. The van der Waals surface area contributed by atoms with Gasteiger partial charge in [-0.05, 0) is 37.7 Å². The van der Waals surface area contributed by atoms with Gasteiger partial charge in [0.2, 0.25) is 0 Å². The fourth-order valence-corrected chi connectivity index (χ4v) is 4.50. The molecule has 1 fully saturated rings. The highest BCUT2D eigenvalue weighted by Crippen LogP contribution is 2.31. The molecule has 3 aromatic heterocycles. The lowest BCUT2D eigenvalue weighted by atomic mass is 9.86. The van der Waals surface area contributed by atoms with Gasteiger partial charge in [0.25, 0.3) is 5.56 Å². The van der Waals surface area contributed by atoms with Crippen molar-refractivity contribution in [3.8, 4) is 17.2 Å². The van der Waals surface area contributed by atoms with E-state index in [-0.39, 0.29) is 23.7 Å². The SMILES string of the molecule is Cl.Cn1c(=O)ccc2ncc(F)c(OCC3CCC(NCc4cc5c(cn4)OCCO5)CC3)c21. The lowest BCUT2D eigenvalue weighted by Crippen LogP contribution is -2.34. The average Bonchev–Trinajstić information content (AvgIpc) is 2.85. The van der Waals surface area contributed by atoms with Gasteiger partial charge in [-0.2, -0.15) is 0 Å². The van der Waals surface area contributed by atoms with Crippen LogP contribution in [0.15, 0.2) is 35.4 Å². The third kappa shape index (κ3) is 5.10. The number of ether oxygens (including phenoxy) is 3. The van der Waals surface area contributed by atoms with E-state index in [0.717, 1.165) is 43.3 Å². The average molecular weight is 491 g/mol. The maximum Gasteiger partial charge on any atom is 0.250 e. The summed E-state index contributed by atoms with van der Waals surface area (Å²) in [6.45, 7) is 2.20. The molecule has 0 amide bonds. The second kappa shape index (κ2) is 10.6. The molecule has 182 valence electrons. The van der Waals surface area contributed by atoms with Crippen LogP contribution in [0.5, 0.6) is 17.2 Å². The summed E-state index contributed by atoms with van der Waals surface area (Å²) in [6.07, 6.45) is 6.85. The molecule has 0 saturated heterocycles. The Kier molecular flexibility index (Phi) is 7.53. The van der Waals surface area contributed by atoms with Crippen molar-refractivity contribution in [2.45, 2.75) is 38.3 Å². The third-order valence-corrected chi connectivity index (χ3v) is 6.41. The minimum atomic E-state index is -0.550. The Morgan fingerprint density at radius 2 is 1.88 bits per heavy atom. The summed E-state index contributed by atoms with van der Waals surface area (Å²) in [4.78, 5) is 20.5. The molecule has 8 nitrogen and oxygen atoms in total. The maximum absolute atomic E-state index is 14.5. The minimum absolute atomic E-state index is 0. The van der Waals surface area contributed by atoms with Gasteiger partial charge in [-0.15, -0.1) is 12.4 Å².